The van der Waals surface area contributed by atoms with Crippen LogP contribution < -0.4 is 11.1 Å². The van der Waals surface area contributed by atoms with Crippen LogP contribution in [0.2, 0.25) is 0 Å². The third-order valence-corrected chi connectivity index (χ3v) is 5.05. The topological polar surface area (TPSA) is 64.4 Å². The van der Waals surface area contributed by atoms with Gasteiger partial charge in [0.15, 0.2) is 0 Å². The SMILES string of the molecule is CCC(C)NC(=O)C1(N)C2CCCOC2C1(C)C.Cl. The Bertz CT molecular complexity index is 348. The molecule has 2 aliphatic rings. The van der Waals surface area contributed by atoms with Gasteiger partial charge < -0.3 is 15.8 Å². The summed E-state index contributed by atoms with van der Waals surface area (Å²) in [7, 11) is 0. The summed E-state index contributed by atoms with van der Waals surface area (Å²) in [5.41, 5.74) is 5.43. The molecule has 1 aliphatic heterocycles. The van der Waals surface area contributed by atoms with Crippen LogP contribution in [0.4, 0.5) is 0 Å². The molecule has 0 aromatic rings. The van der Waals surface area contributed by atoms with Crippen LogP contribution in [-0.2, 0) is 9.53 Å². The Balaban J connectivity index is 0.00000180. The highest BCUT2D eigenvalue weighted by atomic mass is 35.5. The third-order valence-electron chi connectivity index (χ3n) is 5.05. The van der Waals surface area contributed by atoms with Crippen molar-refractivity contribution in [1.29, 1.82) is 0 Å². The van der Waals surface area contributed by atoms with Crippen LogP contribution >= 0.6 is 12.4 Å². The molecule has 4 atom stereocenters. The molecule has 0 radical (unpaired) electrons. The van der Waals surface area contributed by atoms with Crippen LogP contribution in [0.15, 0.2) is 0 Å². The van der Waals surface area contributed by atoms with Crippen LogP contribution in [0.1, 0.15) is 47.0 Å². The fourth-order valence-corrected chi connectivity index (χ4v) is 3.48. The number of halogens is 1. The molecule has 5 heteroatoms. The van der Waals surface area contributed by atoms with Crippen LogP contribution in [0.25, 0.3) is 0 Å². The zero-order valence-electron chi connectivity index (χ0n) is 12.4. The maximum atomic E-state index is 12.5. The van der Waals surface area contributed by atoms with E-state index < -0.39 is 5.54 Å². The number of fused-ring (bicyclic) bond motifs is 1. The summed E-state index contributed by atoms with van der Waals surface area (Å²) < 4.78 is 5.81. The first-order valence-corrected chi connectivity index (χ1v) is 7.07. The molecule has 1 amide bonds. The van der Waals surface area contributed by atoms with Crippen LogP contribution in [-0.4, -0.2) is 30.2 Å². The van der Waals surface area contributed by atoms with Crippen molar-refractivity contribution in [3.63, 3.8) is 0 Å². The van der Waals surface area contributed by atoms with E-state index in [1.807, 2.05) is 6.92 Å². The number of nitrogens with two attached hydrogens (primary N) is 1. The van der Waals surface area contributed by atoms with Gasteiger partial charge in [-0.2, -0.15) is 0 Å². The molecular weight excluding hydrogens is 264 g/mol. The standard InChI is InChI=1S/C14H26N2O2.ClH/c1-5-9(2)16-12(17)14(15)10-7-6-8-18-11(10)13(14,3)4;/h9-11H,5-8,15H2,1-4H3,(H,16,17);1H. The van der Waals surface area contributed by atoms with Gasteiger partial charge in [-0.25, -0.2) is 0 Å². The van der Waals surface area contributed by atoms with Gasteiger partial charge in [0.25, 0.3) is 0 Å². The van der Waals surface area contributed by atoms with E-state index in [1.165, 1.54) is 0 Å². The lowest BCUT2D eigenvalue weighted by Crippen LogP contribution is -2.82. The average Bonchev–Trinajstić information content (AvgIpc) is 2.37. The Labute approximate surface area is 122 Å². The number of carbonyl (C=O) groups excluding carboxylic acids is 1. The van der Waals surface area contributed by atoms with E-state index in [0.29, 0.717) is 0 Å². The van der Waals surface area contributed by atoms with Crippen LogP contribution in [0.5, 0.6) is 0 Å². The maximum Gasteiger partial charge on any atom is 0.241 e. The highest BCUT2D eigenvalue weighted by Gasteiger charge is 2.70. The Morgan fingerprint density at radius 1 is 1.53 bits per heavy atom. The second-order valence-electron chi connectivity index (χ2n) is 6.41. The first kappa shape index (κ1) is 16.7. The van der Waals surface area contributed by atoms with Gasteiger partial charge in [0.2, 0.25) is 5.91 Å². The van der Waals surface area contributed by atoms with Gasteiger partial charge in [0.1, 0.15) is 5.54 Å². The molecule has 19 heavy (non-hydrogen) atoms. The molecule has 1 saturated carbocycles. The lowest BCUT2D eigenvalue weighted by molar-refractivity contribution is -0.225. The first-order chi connectivity index (χ1) is 8.35. The zero-order valence-corrected chi connectivity index (χ0v) is 13.2. The minimum Gasteiger partial charge on any atom is -0.377 e. The minimum atomic E-state index is -0.776. The molecule has 0 aromatic carbocycles. The molecule has 1 aliphatic carbocycles. The number of hydrogen-bond acceptors (Lipinski definition) is 3. The van der Waals surface area contributed by atoms with Gasteiger partial charge in [0.05, 0.1) is 6.10 Å². The largest absolute Gasteiger partial charge is 0.377 e. The highest BCUT2D eigenvalue weighted by Crippen LogP contribution is 2.57. The van der Waals surface area contributed by atoms with E-state index in [4.69, 9.17) is 10.5 Å². The summed E-state index contributed by atoms with van der Waals surface area (Å²) in [5.74, 6) is 0.166. The van der Waals surface area contributed by atoms with E-state index in [9.17, 15) is 4.79 Å². The molecule has 0 spiro atoms. The molecule has 4 nitrogen and oxygen atoms in total. The van der Waals surface area contributed by atoms with Crippen molar-refractivity contribution in [3.05, 3.63) is 0 Å². The number of amides is 1. The van der Waals surface area contributed by atoms with Crippen molar-refractivity contribution in [3.8, 4) is 0 Å². The molecule has 2 rings (SSSR count). The number of carbonyl (C=O) groups is 1. The number of rotatable bonds is 3. The van der Waals surface area contributed by atoms with Gasteiger partial charge in [-0.1, -0.05) is 20.8 Å². The fraction of sp³-hybridized carbons (Fsp3) is 0.929. The predicted molar refractivity (Wildman–Crippen MR) is 78.3 cm³/mol. The summed E-state index contributed by atoms with van der Waals surface area (Å²) in [6.45, 7) is 8.98. The van der Waals surface area contributed by atoms with Gasteiger partial charge in [0, 0.05) is 24.0 Å². The van der Waals surface area contributed by atoms with E-state index in [0.717, 1.165) is 25.9 Å². The summed E-state index contributed by atoms with van der Waals surface area (Å²) in [4.78, 5) is 12.5. The van der Waals surface area contributed by atoms with Crippen molar-refractivity contribution >= 4 is 18.3 Å². The Hall–Kier alpha value is -0.320. The first-order valence-electron chi connectivity index (χ1n) is 7.07. The summed E-state index contributed by atoms with van der Waals surface area (Å²) in [6, 6.07) is 0.178. The molecule has 0 aromatic heterocycles. The molecule has 0 bridgehead atoms. The molecule has 2 fully saturated rings. The second kappa shape index (κ2) is 5.58. The van der Waals surface area contributed by atoms with E-state index in [-0.39, 0.29) is 41.8 Å². The molecule has 1 heterocycles. The summed E-state index contributed by atoms with van der Waals surface area (Å²) >= 11 is 0. The molecule has 112 valence electrons. The zero-order chi connectivity index (χ0) is 13.6. The molecule has 1 saturated heterocycles. The maximum absolute atomic E-state index is 12.5. The predicted octanol–water partition coefficient (Wildman–Crippen LogP) is 1.86. The van der Waals surface area contributed by atoms with Gasteiger partial charge in [-0.3, -0.25) is 4.79 Å². The van der Waals surface area contributed by atoms with Crippen molar-refractivity contribution in [2.45, 2.75) is 64.6 Å². The van der Waals surface area contributed by atoms with Crippen molar-refractivity contribution in [2.24, 2.45) is 17.1 Å². The monoisotopic (exact) mass is 290 g/mol. The number of hydrogen-bond donors (Lipinski definition) is 2. The highest BCUT2D eigenvalue weighted by molar-refractivity contribution is 5.89. The van der Waals surface area contributed by atoms with Crippen molar-refractivity contribution in [2.75, 3.05) is 6.61 Å². The van der Waals surface area contributed by atoms with Gasteiger partial charge in [-0.15, -0.1) is 12.4 Å². The smallest absolute Gasteiger partial charge is 0.241 e. The normalized spacial score (nSPS) is 37.3. The third kappa shape index (κ3) is 2.28. The fourth-order valence-electron chi connectivity index (χ4n) is 3.48. The van der Waals surface area contributed by atoms with Gasteiger partial charge in [-0.05, 0) is 26.2 Å². The quantitative estimate of drug-likeness (QED) is 0.834. The average molecular weight is 291 g/mol. The number of ether oxygens (including phenoxy) is 1. The minimum absolute atomic E-state index is 0. The van der Waals surface area contributed by atoms with Gasteiger partial charge >= 0.3 is 0 Å². The molecule has 4 unspecified atom stereocenters. The van der Waals surface area contributed by atoms with E-state index in [1.54, 1.807) is 0 Å². The van der Waals surface area contributed by atoms with Crippen molar-refractivity contribution in [1.82, 2.24) is 5.32 Å². The lowest BCUT2D eigenvalue weighted by atomic mass is 9.46. The van der Waals surface area contributed by atoms with Crippen molar-refractivity contribution < 1.29 is 9.53 Å². The molecular formula is C14H27ClN2O2. The van der Waals surface area contributed by atoms with E-state index >= 15 is 0 Å². The Morgan fingerprint density at radius 3 is 2.74 bits per heavy atom. The molecule has 3 N–H and O–H groups in total. The summed E-state index contributed by atoms with van der Waals surface area (Å²) in [5, 5.41) is 3.04. The Kier molecular flexibility index (Phi) is 4.92. The number of nitrogens with one attached hydrogen (secondary N) is 1. The van der Waals surface area contributed by atoms with Crippen LogP contribution in [0.3, 0.4) is 0 Å². The lowest BCUT2D eigenvalue weighted by Gasteiger charge is -2.65. The van der Waals surface area contributed by atoms with E-state index in [2.05, 4.69) is 26.1 Å². The second-order valence-corrected chi connectivity index (χ2v) is 6.41. The van der Waals surface area contributed by atoms with Crippen LogP contribution in [0, 0.1) is 11.3 Å². The Morgan fingerprint density at radius 2 is 2.16 bits per heavy atom. The summed E-state index contributed by atoms with van der Waals surface area (Å²) in [6.07, 6.45) is 3.07.